The lowest BCUT2D eigenvalue weighted by atomic mass is 10.0. The summed E-state index contributed by atoms with van der Waals surface area (Å²) >= 11 is 0. The van der Waals surface area contributed by atoms with Crippen molar-refractivity contribution in [2.24, 2.45) is 11.7 Å². The van der Waals surface area contributed by atoms with Crippen LogP contribution in [0.1, 0.15) is 33.3 Å². The van der Waals surface area contributed by atoms with Crippen molar-refractivity contribution in [2.45, 2.75) is 58.3 Å². The third-order valence-electron chi connectivity index (χ3n) is 5.13. The molecule has 1 aromatic heterocycles. The zero-order valence-electron chi connectivity index (χ0n) is 18.6. The van der Waals surface area contributed by atoms with Crippen molar-refractivity contribution < 1.29 is 24.3 Å². The highest BCUT2D eigenvalue weighted by Crippen LogP contribution is 2.19. The summed E-state index contributed by atoms with van der Waals surface area (Å²) in [5.74, 6) is -3.20. The molecule has 4 atom stereocenters. The van der Waals surface area contributed by atoms with Crippen molar-refractivity contribution in [2.75, 3.05) is 0 Å². The number of hydrogen-bond donors (Lipinski definition) is 6. The Labute approximate surface area is 186 Å². The number of rotatable bonds is 10. The molecular weight excluding hydrogens is 414 g/mol. The Morgan fingerprint density at radius 1 is 0.969 bits per heavy atom. The molecule has 1 aromatic carbocycles. The number of amides is 3. The quantitative estimate of drug-likeness (QED) is 0.307. The highest BCUT2D eigenvalue weighted by Gasteiger charge is 2.30. The molecule has 10 heteroatoms. The van der Waals surface area contributed by atoms with Gasteiger partial charge in [0.05, 0.1) is 6.04 Å². The molecule has 0 aliphatic heterocycles. The minimum Gasteiger partial charge on any atom is -0.480 e. The largest absolute Gasteiger partial charge is 0.480 e. The van der Waals surface area contributed by atoms with Gasteiger partial charge in [-0.2, -0.15) is 0 Å². The highest BCUT2D eigenvalue weighted by molar-refractivity contribution is 5.94. The Morgan fingerprint density at radius 3 is 2.22 bits per heavy atom. The Morgan fingerprint density at radius 2 is 1.62 bits per heavy atom. The summed E-state index contributed by atoms with van der Waals surface area (Å²) in [6.45, 7) is 6.42. The standard InChI is InChI=1S/C22H31N5O5/c1-11(2)18(27-20(29)13(4)25-19(28)12(3)23)21(30)26-17(22(31)32)9-14-10-24-16-8-6-5-7-15(14)16/h5-8,10-13,17-18,24H,9,23H2,1-4H3,(H,25,28)(H,26,30)(H,27,29)(H,31,32). The van der Waals surface area contributed by atoms with Gasteiger partial charge in [-0.1, -0.05) is 32.0 Å². The number of carbonyl (C=O) groups is 4. The number of nitrogens with one attached hydrogen (secondary N) is 4. The van der Waals surface area contributed by atoms with Crippen LogP contribution in [0.2, 0.25) is 0 Å². The molecule has 4 unspecified atom stereocenters. The molecule has 0 aliphatic rings. The summed E-state index contributed by atoms with van der Waals surface area (Å²) in [6, 6.07) is 3.60. The van der Waals surface area contributed by atoms with E-state index in [1.807, 2.05) is 24.3 Å². The normalized spacial score (nSPS) is 14.9. The van der Waals surface area contributed by atoms with E-state index in [2.05, 4.69) is 20.9 Å². The van der Waals surface area contributed by atoms with Crippen LogP contribution in [0, 0.1) is 5.92 Å². The van der Waals surface area contributed by atoms with Crippen LogP contribution < -0.4 is 21.7 Å². The van der Waals surface area contributed by atoms with E-state index in [1.165, 1.54) is 13.8 Å². The van der Waals surface area contributed by atoms with Gasteiger partial charge in [0.25, 0.3) is 0 Å². The van der Waals surface area contributed by atoms with Crippen molar-refractivity contribution >= 4 is 34.6 Å². The number of para-hydroxylation sites is 1. The second-order valence-corrected chi connectivity index (χ2v) is 8.21. The van der Waals surface area contributed by atoms with Crippen molar-refractivity contribution in [1.82, 2.24) is 20.9 Å². The lowest BCUT2D eigenvalue weighted by molar-refractivity contribution is -0.142. The summed E-state index contributed by atoms with van der Waals surface area (Å²) in [7, 11) is 0. The average Bonchev–Trinajstić information content (AvgIpc) is 3.13. The molecule has 0 saturated heterocycles. The lowest BCUT2D eigenvalue weighted by Gasteiger charge is -2.25. The lowest BCUT2D eigenvalue weighted by Crippen LogP contribution is -2.57. The highest BCUT2D eigenvalue weighted by atomic mass is 16.4. The van der Waals surface area contributed by atoms with Crippen molar-refractivity contribution in [3.05, 3.63) is 36.0 Å². The fraction of sp³-hybridized carbons (Fsp3) is 0.455. The van der Waals surface area contributed by atoms with E-state index < -0.39 is 47.9 Å². The smallest absolute Gasteiger partial charge is 0.326 e. The average molecular weight is 446 g/mol. The molecule has 0 saturated carbocycles. The topological polar surface area (TPSA) is 166 Å². The molecule has 7 N–H and O–H groups in total. The van der Waals surface area contributed by atoms with Crippen molar-refractivity contribution in [3.63, 3.8) is 0 Å². The van der Waals surface area contributed by atoms with Gasteiger partial charge in [0.15, 0.2) is 0 Å². The predicted molar refractivity (Wildman–Crippen MR) is 120 cm³/mol. The van der Waals surface area contributed by atoms with Gasteiger partial charge in [-0.15, -0.1) is 0 Å². The minimum absolute atomic E-state index is 0.0741. The Kier molecular flexibility index (Phi) is 8.36. The van der Waals surface area contributed by atoms with Gasteiger partial charge in [-0.05, 0) is 31.4 Å². The first kappa shape index (κ1) is 24.9. The second kappa shape index (κ2) is 10.8. The Bertz CT molecular complexity index is 984. The van der Waals surface area contributed by atoms with Gasteiger partial charge < -0.3 is 31.8 Å². The van der Waals surface area contributed by atoms with E-state index in [-0.39, 0.29) is 12.3 Å². The molecule has 0 bridgehead atoms. The van der Waals surface area contributed by atoms with E-state index in [0.29, 0.717) is 0 Å². The molecule has 32 heavy (non-hydrogen) atoms. The number of hydrogen-bond acceptors (Lipinski definition) is 5. The van der Waals surface area contributed by atoms with Gasteiger partial charge in [0.2, 0.25) is 17.7 Å². The molecule has 0 fully saturated rings. The van der Waals surface area contributed by atoms with E-state index >= 15 is 0 Å². The molecular formula is C22H31N5O5. The van der Waals surface area contributed by atoms with Crippen LogP contribution in [0.15, 0.2) is 30.5 Å². The first-order valence-electron chi connectivity index (χ1n) is 10.5. The number of aromatic amines is 1. The summed E-state index contributed by atoms with van der Waals surface area (Å²) in [5.41, 5.74) is 7.11. The third kappa shape index (κ3) is 6.30. The van der Waals surface area contributed by atoms with Crippen LogP contribution in [0.25, 0.3) is 10.9 Å². The van der Waals surface area contributed by atoms with Crippen LogP contribution in [-0.4, -0.2) is 57.9 Å². The number of H-pyrrole nitrogens is 1. The zero-order chi connectivity index (χ0) is 24.0. The molecule has 2 rings (SSSR count). The molecule has 174 valence electrons. The van der Waals surface area contributed by atoms with Gasteiger partial charge in [-0.25, -0.2) is 4.79 Å². The van der Waals surface area contributed by atoms with Gasteiger partial charge in [0.1, 0.15) is 18.1 Å². The van der Waals surface area contributed by atoms with E-state index in [0.717, 1.165) is 16.5 Å². The van der Waals surface area contributed by atoms with E-state index in [9.17, 15) is 24.3 Å². The number of nitrogens with two attached hydrogens (primary N) is 1. The molecule has 10 nitrogen and oxygen atoms in total. The van der Waals surface area contributed by atoms with E-state index in [1.54, 1.807) is 20.0 Å². The van der Waals surface area contributed by atoms with Crippen LogP contribution in [0.3, 0.4) is 0 Å². The number of aromatic nitrogens is 1. The number of carbonyl (C=O) groups excluding carboxylic acids is 3. The predicted octanol–water partition coefficient (Wildman–Crippen LogP) is 0.273. The maximum Gasteiger partial charge on any atom is 0.326 e. The first-order valence-corrected chi connectivity index (χ1v) is 10.5. The first-order chi connectivity index (χ1) is 15.0. The van der Waals surface area contributed by atoms with Crippen LogP contribution >= 0.6 is 0 Å². The number of carboxylic acids is 1. The number of benzene rings is 1. The summed E-state index contributed by atoms with van der Waals surface area (Å²) in [4.78, 5) is 52.0. The van der Waals surface area contributed by atoms with Crippen LogP contribution in [0.5, 0.6) is 0 Å². The minimum atomic E-state index is -1.19. The molecule has 3 amide bonds. The molecule has 0 radical (unpaired) electrons. The number of carboxylic acid groups (broad SMARTS) is 1. The third-order valence-corrected chi connectivity index (χ3v) is 5.13. The second-order valence-electron chi connectivity index (χ2n) is 8.21. The molecule has 1 heterocycles. The van der Waals surface area contributed by atoms with Gasteiger partial charge in [0, 0.05) is 23.5 Å². The summed E-state index contributed by atoms with van der Waals surface area (Å²) in [5, 5.41) is 18.1. The SMILES string of the molecule is CC(N)C(=O)NC(C)C(=O)NC(C(=O)NC(Cc1c[nH]c2ccccc12)C(=O)O)C(C)C. The van der Waals surface area contributed by atoms with Gasteiger partial charge >= 0.3 is 5.97 Å². The summed E-state index contributed by atoms with van der Waals surface area (Å²) < 4.78 is 0. The Hall–Kier alpha value is -3.40. The monoisotopic (exact) mass is 445 g/mol. The zero-order valence-corrected chi connectivity index (χ0v) is 18.6. The van der Waals surface area contributed by atoms with Crippen molar-refractivity contribution in [1.29, 1.82) is 0 Å². The fourth-order valence-electron chi connectivity index (χ4n) is 3.21. The van der Waals surface area contributed by atoms with Gasteiger partial charge in [-0.3, -0.25) is 14.4 Å². The molecule has 0 aliphatic carbocycles. The molecule has 0 spiro atoms. The maximum atomic E-state index is 12.9. The Balaban J connectivity index is 2.09. The maximum absolute atomic E-state index is 12.9. The van der Waals surface area contributed by atoms with Crippen LogP contribution in [-0.2, 0) is 25.6 Å². The fourth-order valence-corrected chi connectivity index (χ4v) is 3.21. The van der Waals surface area contributed by atoms with Crippen molar-refractivity contribution in [3.8, 4) is 0 Å². The van der Waals surface area contributed by atoms with E-state index in [4.69, 9.17) is 5.73 Å². The molecule has 2 aromatic rings. The number of fused-ring (bicyclic) bond motifs is 1. The summed E-state index contributed by atoms with van der Waals surface area (Å²) in [6.07, 6.45) is 1.79. The number of aliphatic carboxylic acids is 1. The van der Waals surface area contributed by atoms with Crippen LogP contribution in [0.4, 0.5) is 0 Å².